The summed E-state index contributed by atoms with van der Waals surface area (Å²) in [6.07, 6.45) is 0.646. The topological polar surface area (TPSA) is 105 Å². The number of imide groups is 1. The second-order valence-corrected chi connectivity index (χ2v) is 8.68. The Morgan fingerprint density at radius 1 is 1.26 bits per heavy atom. The van der Waals surface area contributed by atoms with E-state index in [-0.39, 0.29) is 44.4 Å². The second kappa shape index (κ2) is 6.73. The van der Waals surface area contributed by atoms with Gasteiger partial charge < -0.3 is 15.0 Å². The third kappa shape index (κ3) is 3.16. The first kappa shape index (κ1) is 19.9. The van der Waals surface area contributed by atoms with Gasteiger partial charge in [-0.3, -0.25) is 19.7 Å². The van der Waals surface area contributed by atoms with Crippen molar-refractivity contribution in [3.05, 3.63) is 34.9 Å². The summed E-state index contributed by atoms with van der Waals surface area (Å²) in [6.45, 7) is 0.0416. The van der Waals surface area contributed by atoms with Gasteiger partial charge in [-0.05, 0) is 36.5 Å². The van der Waals surface area contributed by atoms with Crippen LogP contribution in [-0.4, -0.2) is 47.3 Å². The molecule has 10 heteroatoms. The van der Waals surface area contributed by atoms with E-state index >= 15 is 0 Å². The van der Waals surface area contributed by atoms with E-state index in [1.807, 2.05) is 0 Å². The average molecular weight is 433 g/mol. The number of benzene rings is 1. The van der Waals surface area contributed by atoms with Crippen LogP contribution < -0.4 is 10.6 Å². The number of rotatable bonds is 5. The lowest BCUT2D eigenvalue weighted by Gasteiger charge is -2.29. The molecule has 8 nitrogen and oxygen atoms in total. The van der Waals surface area contributed by atoms with Crippen molar-refractivity contribution in [2.75, 3.05) is 6.61 Å². The normalized spacial score (nSPS) is 27.0. The van der Waals surface area contributed by atoms with Crippen molar-refractivity contribution in [1.82, 2.24) is 15.5 Å². The zero-order valence-corrected chi connectivity index (χ0v) is 16.6. The fourth-order valence-electron chi connectivity index (χ4n) is 4.77. The molecule has 0 bridgehead atoms. The summed E-state index contributed by atoms with van der Waals surface area (Å²) in [5.74, 6) is -4.75. The predicted molar refractivity (Wildman–Crippen MR) is 101 cm³/mol. The molecule has 2 N–H and O–H groups in total. The van der Waals surface area contributed by atoms with Crippen molar-refractivity contribution in [3.63, 3.8) is 0 Å². The fraction of sp³-hybridized carbons (Fsp3) is 0.524. The minimum absolute atomic E-state index is 0.0734. The van der Waals surface area contributed by atoms with Gasteiger partial charge in [-0.2, -0.15) is 0 Å². The van der Waals surface area contributed by atoms with Gasteiger partial charge in [0.15, 0.2) is 0 Å². The Balaban J connectivity index is 1.16. The molecule has 2 saturated carbocycles. The molecular formula is C21H21F2N3O5. The van der Waals surface area contributed by atoms with Crippen LogP contribution in [-0.2, 0) is 27.4 Å². The first-order valence-corrected chi connectivity index (χ1v) is 10.3. The number of nitrogens with one attached hydrogen (secondary N) is 2. The van der Waals surface area contributed by atoms with Gasteiger partial charge in [-0.1, -0.05) is 12.1 Å². The van der Waals surface area contributed by atoms with Gasteiger partial charge in [0, 0.05) is 30.5 Å². The summed E-state index contributed by atoms with van der Waals surface area (Å²) in [5, 5.41) is 4.77. The lowest BCUT2D eigenvalue weighted by atomic mass is 10.0. The Morgan fingerprint density at radius 3 is 2.71 bits per heavy atom. The van der Waals surface area contributed by atoms with Crippen LogP contribution in [0.2, 0.25) is 0 Å². The molecule has 1 aromatic carbocycles. The Bertz CT molecular complexity index is 1000. The summed E-state index contributed by atoms with van der Waals surface area (Å²) in [6, 6.07) is 4.44. The van der Waals surface area contributed by atoms with E-state index in [0.717, 1.165) is 5.56 Å². The Hall–Kier alpha value is -3.04. The van der Waals surface area contributed by atoms with Crippen molar-refractivity contribution in [2.24, 2.45) is 11.3 Å². The lowest BCUT2D eigenvalue weighted by molar-refractivity contribution is -0.136. The molecule has 4 aliphatic rings. The molecule has 2 aliphatic carbocycles. The summed E-state index contributed by atoms with van der Waals surface area (Å²) >= 11 is 0. The highest BCUT2D eigenvalue weighted by Crippen LogP contribution is 2.79. The molecule has 5 rings (SSSR count). The first-order valence-electron chi connectivity index (χ1n) is 10.3. The van der Waals surface area contributed by atoms with E-state index in [1.165, 1.54) is 4.90 Å². The quantitative estimate of drug-likeness (QED) is 0.688. The summed E-state index contributed by atoms with van der Waals surface area (Å²) in [4.78, 5) is 49.6. The number of nitrogens with zero attached hydrogens (tertiary/aromatic N) is 1. The van der Waals surface area contributed by atoms with E-state index in [4.69, 9.17) is 4.74 Å². The van der Waals surface area contributed by atoms with Crippen LogP contribution in [0.15, 0.2) is 18.2 Å². The van der Waals surface area contributed by atoms with Crippen LogP contribution in [0.4, 0.5) is 13.6 Å². The number of piperidine rings is 1. The zero-order valence-electron chi connectivity index (χ0n) is 16.6. The molecule has 2 unspecified atom stereocenters. The number of carbonyl (C=O) groups is 4. The van der Waals surface area contributed by atoms with Crippen LogP contribution in [0, 0.1) is 11.3 Å². The van der Waals surface area contributed by atoms with Gasteiger partial charge >= 0.3 is 6.09 Å². The lowest BCUT2D eigenvalue weighted by Crippen LogP contribution is -2.52. The van der Waals surface area contributed by atoms with E-state index in [2.05, 4.69) is 10.6 Å². The molecule has 4 amide bonds. The van der Waals surface area contributed by atoms with Crippen molar-refractivity contribution in [1.29, 1.82) is 0 Å². The number of hydrogen-bond acceptors (Lipinski definition) is 5. The van der Waals surface area contributed by atoms with Crippen LogP contribution in [0.25, 0.3) is 0 Å². The molecular weight excluding hydrogens is 412 g/mol. The molecule has 2 heterocycles. The maximum atomic E-state index is 13.6. The van der Waals surface area contributed by atoms with Gasteiger partial charge in [-0.15, -0.1) is 0 Å². The molecule has 2 atom stereocenters. The van der Waals surface area contributed by atoms with E-state index < -0.39 is 35.3 Å². The van der Waals surface area contributed by atoms with Crippen molar-refractivity contribution in [3.8, 4) is 0 Å². The molecule has 1 aromatic rings. The number of carbonyl (C=O) groups excluding carboxylic acids is 4. The Morgan fingerprint density at radius 2 is 2.03 bits per heavy atom. The number of amides is 4. The number of ether oxygens (including phenoxy) is 1. The highest BCUT2D eigenvalue weighted by Gasteiger charge is 2.86. The number of hydrogen-bond donors (Lipinski definition) is 2. The Labute approximate surface area is 176 Å². The highest BCUT2D eigenvalue weighted by atomic mass is 19.3. The van der Waals surface area contributed by atoms with E-state index in [1.54, 1.807) is 18.2 Å². The molecule has 1 saturated heterocycles. The van der Waals surface area contributed by atoms with Crippen molar-refractivity contribution < 1.29 is 32.7 Å². The van der Waals surface area contributed by atoms with Gasteiger partial charge in [0.25, 0.3) is 11.8 Å². The third-order valence-electron chi connectivity index (χ3n) is 6.88. The van der Waals surface area contributed by atoms with Gasteiger partial charge in [0.2, 0.25) is 11.8 Å². The molecule has 0 aromatic heterocycles. The van der Waals surface area contributed by atoms with Crippen LogP contribution in [0.3, 0.4) is 0 Å². The van der Waals surface area contributed by atoms with Gasteiger partial charge in [0.1, 0.15) is 12.6 Å². The maximum absolute atomic E-state index is 13.6. The standard InChI is InChI=1S/C21H21F2N3O5/c22-21(23)15(20(21)5-6-20)10-31-19(30)24-8-11-1-2-12-9-26(18(29)13(12)7-11)14-3-4-16(27)25-17(14)28/h1-2,7,14-15H,3-6,8-10H2,(H,24,30)(H,25,27,28). The minimum Gasteiger partial charge on any atom is -0.449 e. The van der Waals surface area contributed by atoms with Gasteiger partial charge in [0.05, 0.1) is 5.92 Å². The summed E-state index contributed by atoms with van der Waals surface area (Å²) < 4.78 is 32.2. The fourth-order valence-corrected chi connectivity index (χ4v) is 4.77. The van der Waals surface area contributed by atoms with Crippen molar-refractivity contribution in [2.45, 2.75) is 50.7 Å². The summed E-state index contributed by atoms with van der Waals surface area (Å²) in [7, 11) is 0. The average Bonchev–Trinajstić information content (AvgIpc) is 3.57. The first-order chi connectivity index (χ1) is 14.7. The van der Waals surface area contributed by atoms with E-state index in [9.17, 15) is 28.0 Å². The largest absolute Gasteiger partial charge is 0.449 e. The molecule has 0 radical (unpaired) electrons. The monoisotopic (exact) mass is 433 g/mol. The summed E-state index contributed by atoms with van der Waals surface area (Å²) in [5.41, 5.74) is 0.907. The molecule has 2 aliphatic heterocycles. The number of fused-ring (bicyclic) bond motifs is 1. The van der Waals surface area contributed by atoms with Gasteiger partial charge in [-0.25, -0.2) is 13.6 Å². The van der Waals surface area contributed by atoms with Crippen LogP contribution in [0.1, 0.15) is 47.2 Å². The molecule has 3 fully saturated rings. The van der Waals surface area contributed by atoms with E-state index in [0.29, 0.717) is 24.0 Å². The third-order valence-corrected chi connectivity index (χ3v) is 6.88. The maximum Gasteiger partial charge on any atom is 0.407 e. The van der Waals surface area contributed by atoms with Crippen molar-refractivity contribution >= 4 is 23.8 Å². The predicted octanol–water partition coefficient (Wildman–Crippen LogP) is 1.72. The zero-order chi connectivity index (χ0) is 22.0. The highest BCUT2D eigenvalue weighted by molar-refractivity contribution is 6.05. The minimum atomic E-state index is -2.73. The van der Waals surface area contributed by atoms with Crippen LogP contribution >= 0.6 is 0 Å². The number of alkyl carbamates (subject to hydrolysis) is 1. The molecule has 1 spiro atoms. The Kier molecular flexibility index (Phi) is 4.32. The number of halogens is 2. The smallest absolute Gasteiger partial charge is 0.407 e. The SMILES string of the molecule is O=C1CCC(N2Cc3ccc(CNC(=O)OCC4C(F)(F)C45CC5)cc3C2=O)C(=O)N1. The second-order valence-electron chi connectivity index (χ2n) is 8.68. The van der Waals surface area contributed by atoms with Crippen LogP contribution in [0.5, 0.6) is 0 Å². The number of alkyl halides is 2. The molecule has 31 heavy (non-hydrogen) atoms. The molecule has 164 valence electrons.